The van der Waals surface area contributed by atoms with E-state index in [9.17, 15) is 10.1 Å². The first kappa shape index (κ1) is 23.4. The molecular formula is C30H40N2O2. The van der Waals surface area contributed by atoms with E-state index in [4.69, 9.17) is 0 Å². The van der Waals surface area contributed by atoms with Gasteiger partial charge in [0.15, 0.2) is 0 Å². The molecule has 0 heterocycles. The van der Waals surface area contributed by atoms with Crippen LogP contribution in [0.5, 0.6) is 0 Å². The third-order valence-corrected chi connectivity index (χ3v) is 8.75. The number of benzene rings is 2. The Bertz CT molecular complexity index is 944. The molecule has 0 unspecified atom stereocenters. The van der Waals surface area contributed by atoms with Gasteiger partial charge in [0.1, 0.15) is 5.69 Å². The van der Waals surface area contributed by atoms with Crippen molar-refractivity contribution in [3.63, 3.8) is 0 Å². The summed E-state index contributed by atoms with van der Waals surface area (Å²) in [5.74, 6) is 1.80. The van der Waals surface area contributed by atoms with Crippen LogP contribution < -0.4 is 5.32 Å². The Hall–Kier alpha value is -2.36. The Labute approximate surface area is 204 Å². The highest BCUT2D eigenvalue weighted by Crippen LogP contribution is 2.47. The summed E-state index contributed by atoms with van der Waals surface area (Å²) in [6, 6.07) is 12.2. The van der Waals surface area contributed by atoms with E-state index in [2.05, 4.69) is 17.4 Å². The Balaban J connectivity index is 1.63. The van der Waals surface area contributed by atoms with Gasteiger partial charge in [-0.25, -0.2) is 0 Å². The van der Waals surface area contributed by atoms with E-state index in [-0.39, 0.29) is 10.6 Å². The number of nitro groups is 1. The van der Waals surface area contributed by atoms with E-state index in [1.165, 1.54) is 113 Å². The quantitative estimate of drug-likeness (QED) is 0.345. The maximum atomic E-state index is 11.8. The average Bonchev–Trinajstić information content (AvgIpc) is 2.90. The molecule has 0 aromatic heterocycles. The van der Waals surface area contributed by atoms with Crippen LogP contribution in [-0.2, 0) is 0 Å². The van der Waals surface area contributed by atoms with Gasteiger partial charge in [-0.3, -0.25) is 10.1 Å². The third-order valence-electron chi connectivity index (χ3n) is 8.75. The molecule has 0 amide bonds. The molecule has 0 saturated heterocycles. The summed E-state index contributed by atoms with van der Waals surface area (Å²) in [7, 11) is 0. The van der Waals surface area contributed by atoms with Gasteiger partial charge in [-0.05, 0) is 79.0 Å². The van der Waals surface area contributed by atoms with Crippen molar-refractivity contribution < 1.29 is 4.92 Å². The number of nitrogens with zero attached hydrogens (tertiary/aromatic N) is 1. The van der Waals surface area contributed by atoms with Gasteiger partial charge in [-0.2, -0.15) is 0 Å². The highest BCUT2D eigenvalue weighted by Gasteiger charge is 2.29. The summed E-state index contributed by atoms with van der Waals surface area (Å²) in [6.45, 7) is 0. The van der Waals surface area contributed by atoms with Crippen LogP contribution in [0.25, 0.3) is 0 Å². The van der Waals surface area contributed by atoms with Crippen LogP contribution in [-0.4, -0.2) is 4.92 Å². The predicted molar refractivity (Wildman–Crippen MR) is 140 cm³/mol. The average molecular weight is 461 g/mol. The molecule has 2 aromatic carbocycles. The summed E-state index contributed by atoms with van der Waals surface area (Å²) in [6.07, 6.45) is 19.5. The molecule has 4 heteroatoms. The van der Waals surface area contributed by atoms with Crippen molar-refractivity contribution in [1.82, 2.24) is 0 Å². The topological polar surface area (TPSA) is 55.2 Å². The number of anilines is 2. The molecule has 0 bridgehead atoms. The molecule has 0 aliphatic heterocycles. The van der Waals surface area contributed by atoms with Gasteiger partial charge < -0.3 is 5.32 Å². The summed E-state index contributed by atoms with van der Waals surface area (Å²) in [5, 5.41) is 15.5. The van der Waals surface area contributed by atoms with Crippen LogP contribution >= 0.6 is 0 Å². The standard InChI is InChI=1S/C30H40N2O2/c33-32(34)29-19-11-10-18-28(29)31-30-26(23-14-6-2-7-15-23)20-25(22-12-4-1-5-13-22)21-27(30)24-16-8-3-9-17-24/h10-11,18-24,31H,1-9,12-17H2. The number of hydrogen-bond acceptors (Lipinski definition) is 3. The minimum Gasteiger partial charge on any atom is -0.349 e. The molecule has 3 aliphatic carbocycles. The number of nitro benzene ring substituents is 1. The van der Waals surface area contributed by atoms with Gasteiger partial charge in [0.2, 0.25) is 0 Å². The second-order valence-electron chi connectivity index (χ2n) is 11.0. The van der Waals surface area contributed by atoms with E-state index in [0.717, 1.165) is 0 Å². The third kappa shape index (κ3) is 5.16. The lowest BCUT2D eigenvalue weighted by Crippen LogP contribution is -2.15. The monoisotopic (exact) mass is 460 g/mol. The van der Waals surface area contributed by atoms with Crippen molar-refractivity contribution in [2.24, 2.45) is 0 Å². The van der Waals surface area contributed by atoms with Crippen molar-refractivity contribution in [2.45, 2.75) is 114 Å². The normalized spacial score (nSPS) is 20.8. The molecule has 182 valence electrons. The lowest BCUT2D eigenvalue weighted by molar-refractivity contribution is -0.383. The van der Waals surface area contributed by atoms with Gasteiger partial charge in [0.05, 0.1) is 4.92 Å². The van der Waals surface area contributed by atoms with Gasteiger partial charge in [-0.15, -0.1) is 0 Å². The van der Waals surface area contributed by atoms with Crippen molar-refractivity contribution in [3.05, 3.63) is 63.2 Å². The fraction of sp³-hybridized carbons (Fsp3) is 0.600. The molecule has 0 radical (unpaired) electrons. The maximum Gasteiger partial charge on any atom is 0.292 e. The van der Waals surface area contributed by atoms with E-state index >= 15 is 0 Å². The van der Waals surface area contributed by atoms with Crippen LogP contribution in [0.1, 0.15) is 131 Å². The Morgan fingerprint density at radius 1 is 0.676 bits per heavy atom. The Morgan fingerprint density at radius 2 is 1.15 bits per heavy atom. The molecule has 4 nitrogen and oxygen atoms in total. The summed E-state index contributed by atoms with van der Waals surface area (Å²) >= 11 is 0. The minimum absolute atomic E-state index is 0.169. The van der Waals surface area contributed by atoms with Crippen molar-refractivity contribution >= 4 is 17.1 Å². The Morgan fingerprint density at radius 3 is 1.65 bits per heavy atom. The summed E-state index contributed by atoms with van der Waals surface area (Å²) < 4.78 is 0. The maximum absolute atomic E-state index is 11.8. The second kappa shape index (κ2) is 10.9. The van der Waals surface area contributed by atoms with Gasteiger partial charge in [0.25, 0.3) is 5.69 Å². The molecule has 3 fully saturated rings. The number of rotatable bonds is 6. The van der Waals surface area contributed by atoms with E-state index in [1.807, 2.05) is 12.1 Å². The lowest BCUT2D eigenvalue weighted by atomic mass is 9.75. The zero-order valence-corrected chi connectivity index (χ0v) is 20.6. The highest BCUT2D eigenvalue weighted by molar-refractivity contribution is 5.75. The molecule has 1 N–H and O–H groups in total. The fourth-order valence-corrected chi connectivity index (χ4v) is 6.87. The number of nitrogens with one attached hydrogen (secondary N) is 1. The summed E-state index contributed by atoms with van der Waals surface area (Å²) in [5.41, 5.74) is 6.44. The molecule has 2 aromatic rings. The number of hydrogen-bond donors (Lipinski definition) is 1. The van der Waals surface area contributed by atoms with Crippen LogP contribution in [0.3, 0.4) is 0 Å². The smallest absolute Gasteiger partial charge is 0.292 e. The molecule has 3 saturated carbocycles. The zero-order valence-electron chi connectivity index (χ0n) is 20.6. The molecule has 0 spiro atoms. The molecule has 3 aliphatic rings. The van der Waals surface area contributed by atoms with Crippen molar-refractivity contribution in [2.75, 3.05) is 5.32 Å². The Kier molecular flexibility index (Phi) is 7.51. The SMILES string of the molecule is O=[N+]([O-])c1ccccc1Nc1c(C2CCCCC2)cc(C2CCCCC2)cc1C1CCCCC1. The van der Waals surface area contributed by atoms with Crippen LogP contribution in [0.4, 0.5) is 17.1 Å². The van der Waals surface area contributed by atoms with Gasteiger partial charge in [-0.1, -0.05) is 82.1 Å². The van der Waals surface area contributed by atoms with Gasteiger partial charge >= 0.3 is 0 Å². The van der Waals surface area contributed by atoms with Crippen molar-refractivity contribution in [1.29, 1.82) is 0 Å². The second-order valence-corrected chi connectivity index (χ2v) is 11.0. The largest absolute Gasteiger partial charge is 0.349 e. The lowest BCUT2D eigenvalue weighted by Gasteiger charge is -2.33. The molecule has 0 atom stereocenters. The number of para-hydroxylation sites is 2. The van der Waals surface area contributed by atoms with Gasteiger partial charge in [0, 0.05) is 11.8 Å². The van der Waals surface area contributed by atoms with Crippen molar-refractivity contribution in [3.8, 4) is 0 Å². The molecule has 5 rings (SSSR count). The predicted octanol–water partition coefficient (Wildman–Crippen LogP) is 9.48. The summed E-state index contributed by atoms with van der Waals surface area (Å²) in [4.78, 5) is 11.6. The zero-order chi connectivity index (χ0) is 23.3. The van der Waals surface area contributed by atoms with E-state index < -0.39 is 0 Å². The molecule has 34 heavy (non-hydrogen) atoms. The van der Waals surface area contributed by atoms with Crippen LogP contribution in [0.2, 0.25) is 0 Å². The first-order chi connectivity index (χ1) is 16.7. The minimum atomic E-state index is -0.251. The first-order valence-electron chi connectivity index (χ1n) is 13.9. The molecular weight excluding hydrogens is 420 g/mol. The van der Waals surface area contributed by atoms with Crippen LogP contribution in [0.15, 0.2) is 36.4 Å². The van der Waals surface area contributed by atoms with Crippen LogP contribution in [0, 0.1) is 10.1 Å². The highest BCUT2D eigenvalue weighted by atomic mass is 16.6. The fourth-order valence-electron chi connectivity index (χ4n) is 6.87. The van der Waals surface area contributed by atoms with E-state index in [0.29, 0.717) is 23.4 Å². The van der Waals surface area contributed by atoms with E-state index in [1.54, 1.807) is 17.7 Å². The first-order valence-corrected chi connectivity index (χ1v) is 13.9.